The third-order valence-corrected chi connectivity index (χ3v) is 4.81. The van der Waals surface area contributed by atoms with E-state index in [0.717, 1.165) is 38.4 Å². The van der Waals surface area contributed by atoms with Gasteiger partial charge in [-0.05, 0) is 12.1 Å². The molecule has 1 aliphatic heterocycles. The zero-order chi connectivity index (χ0) is 19.5. The molecule has 3 heterocycles. The van der Waals surface area contributed by atoms with Crippen molar-refractivity contribution in [2.45, 2.75) is 6.54 Å². The van der Waals surface area contributed by atoms with Crippen LogP contribution in [0.4, 0.5) is 0 Å². The van der Waals surface area contributed by atoms with Crippen LogP contribution in [0.15, 0.2) is 30.5 Å². The highest BCUT2D eigenvalue weighted by Crippen LogP contribution is 2.23. The summed E-state index contributed by atoms with van der Waals surface area (Å²) in [6.07, 6.45) is 1.67. The van der Waals surface area contributed by atoms with Crippen molar-refractivity contribution >= 4 is 17.2 Å². The number of amides is 1. The number of ether oxygens (including phenoxy) is 2. The number of imidazole rings is 1. The lowest BCUT2D eigenvalue weighted by atomic mass is 10.1. The molecule has 1 aromatic carbocycles. The largest absolute Gasteiger partial charge is 0.468 e. The van der Waals surface area contributed by atoms with E-state index in [9.17, 15) is 4.79 Å². The van der Waals surface area contributed by atoms with Gasteiger partial charge in [0.1, 0.15) is 0 Å². The lowest BCUT2D eigenvalue weighted by Gasteiger charge is -2.26. The number of rotatable bonds is 6. The number of nitrogens with zero attached hydrogens (tertiary/aromatic N) is 5. The summed E-state index contributed by atoms with van der Waals surface area (Å²) in [5.41, 5.74) is 8.51. The molecule has 146 valence electrons. The first-order chi connectivity index (χ1) is 13.7. The van der Waals surface area contributed by atoms with Gasteiger partial charge >= 0.3 is 0 Å². The van der Waals surface area contributed by atoms with Crippen molar-refractivity contribution in [2.75, 3.05) is 40.0 Å². The van der Waals surface area contributed by atoms with E-state index in [1.165, 1.54) is 0 Å². The predicted molar refractivity (Wildman–Crippen MR) is 103 cm³/mol. The average Bonchev–Trinajstić information content (AvgIpc) is 3.10. The van der Waals surface area contributed by atoms with Crippen LogP contribution in [-0.4, -0.2) is 70.3 Å². The molecule has 9 heteroatoms. The summed E-state index contributed by atoms with van der Waals surface area (Å²) in [6, 6.07) is 7.47. The summed E-state index contributed by atoms with van der Waals surface area (Å²) in [5.74, 6) is -0.459. The van der Waals surface area contributed by atoms with Crippen molar-refractivity contribution < 1.29 is 14.3 Å². The number of methoxy groups -OCH3 is 1. The van der Waals surface area contributed by atoms with Crippen molar-refractivity contribution in [3.63, 3.8) is 0 Å². The van der Waals surface area contributed by atoms with Crippen LogP contribution >= 0.6 is 0 Å². The Morgan fingerprint density at radius 2 is 1.93 bits per heavy atom. The van der Waals surface area contributed by atoms with E-state index >= 15 is 0 Å². The molecular formula is C19H22N6O3. The molecule has 0 radical (unpaired) electrons. The van der Waals surface area contributed by atoms with Crippen LogP contribution in [0.3, 0.4) is 0 Å². The summed E-state index contributed by atoms with van der Waals surface area (Å²) < 4.78 is 12.8. The fourth-order valence-corrected chi connectivity index (χ4v) is 3.24. The van der Waals surface area contributed by atoms with E-state index in [-0.39, 0.29) is 0 Å². The number of aromatic nitrogens is 4. The SMILES string of the molecule is COc1nc2ncc(-c3ccc(C(N)=O)cc3)nc2n1CCN1CCOCC1. The molecular weight excluding hydrogens is 360 g/mol. The Morgan fingerprint density at radius 3 is 2.61 bits per heavy atom. The maximum Gasteiger partial charge on any atom is 0.299 e. The van der Waals surface area contributed by atoms with Gasteiger partial charge in [0.15, 0.2) is 5.65 Å². The van der Waals surface area contributed by atoms with E-state index in [1.54, 1.807) is 25.4 Å². The van der Waals surface area contributed by atoms with E-state index in [1.807, 2.05) is 16.7 Å². The second-order valence-corrected chi connectivity index (χ2v) is 6.55. The number of morpholine rings is 1. The summed E-state index contributed by atoms with van der Waals surface area (Å²) >= 11 is 0. The van der Waals surface area contributed by atoms with Crippen molar-refractivity contribution in [3.05, 3.63) is 36.0 Å². The second-order valence-electron chi connectivity index (χ2n) is 6.55. The molecule has 0 saturated carbocycles. The fourth-order valence-electron chi connectivity index (χ4n) is 3.24. The Labute approximate surface area is 162 Å². The molecule has 0 unspecified atom stereocenters. The first-order valence-corrected chi connectivity index (χ1v) is 9.13. The molecule has 0 atom stereocenters. The number of nitrogens with two attached hydrogens (primary N) is 1. The molecule has 0 spiro atoms. The molecule has 9 nitrogen and oxygen atoms in total. The Bertz CT molecular complexity index is 979. The predicted octanol–water partition coefficient (Wildman–Crippen LogP) is 0.933. The minimum absolute atomic E-state index is 0.454. The molecule has 1 fully saturated rings. The van der Waals surface area contributed by atoms with Gasteiger partial charge in [-0.2, -0.15) is 4.98 Å². The average molecular weight is 382 g/mol. The second kappa shape index (κ2) is 7.91. The van der Waals surface area contributed by atoms with Crippen LogP contribution < -0.4 is 10.5 Å². The number of primary amides is 1. The third-order valence-electron chi connectivity index (χ3n) is 4.81. The molecule has 0 bridgehead atoms. The zero-order valence-electron chi connectivity index (χ0n) is 15.7. The van der Waals surface area contributed by atoms with Crippen LogP contribution in [0.1, 0.15) is 10.4 Å². The summed E-state index contributed by atoms with van der Waals surface area (Å²) in [5, 5.41) is 0. The highest BCUT2D eigenvalue weighted by atomic mass is 16.5. The monoisotopic (exact) mass is 382 g/mol. The van der Waals surface area contributed by atoms with E-state index in [4.69, 9.17) is 20.2 Å². The van der Waals surface area contributed by atoms with E-state index in [0.29, 0.717) is 35.1 Å². The normalized spacial score (nSPS) is 15.0. The Morgan fingerprint density at radius 1 is 1.18 bits per heavy atom. The molecule has 2 N–H and O–H groups in total. The summed E-state index contributed by atoms with van der Waals surface area (Å²) in [7, 11) is 1.59. The van der Waals surface area contributed by atoms with E-state index < -0.39 is 5.91 Å². The molecule has 4 rings (SSSR count). The van der Waals surface area contributed by atoms with Crippen LogP contribution in [-0.2, 0) is 11.3 Å². The lowest BCUT2D eigenvalue weighted by molar-refractivity contribution is 0.0362. The van der Waals surface area contributed by atoms with Gasteiger partial charge in [-0.15, -0.1) is 0 Å². The highest BCUT2D eigenvalue weighted by Gasteiger charge is 2.17. The summed E-state index contributed by atoms with van der Waals surface area (Å²) in [4.78, 5) is 27.2. The number of carbonyl (C=O) groups excluding carboxylic acids is 1. The quantitative estimate of drug-likeness (QED) is 0.676. The molecule has 28 heavy (non-hydrogen) atoms. The van der Waals surface area contributed by atoms with Gasteiger partial charge in [0.25, 0.3) is 6.01 Å². The third kappa shape index (κ3) is 3.67. The molecule has 3 aromatic rings. The fraction of sp³-hybridized carbons (Fsp3) is 0.368. The van der Waals surface area contributed by atoms with Crippen molar-refractivity contribution in [3.8, 4) is 17.3 Å². The van der Waals surface area contributed by atoms with Crippen LogP contribution in [0, 0.1) is 0 Å². The van der Waals surface area contributed by atoms with Gasteiger partial charge < -0.3 is 15.2 Å². The molecule has 0 aliphatic carbocycles. The Hall–Kier alpha value is -3.04. The van der Waals surface area contributed by atoms with Gasteiger partial charge in [0.05, 0.1) is 32.2 Å². The zero-order valence-corrected chi connectivity index (χ0v) is 15.7. The standard InChI is InChI=1S/C19H22N6O3/c1-27-19-23-17-18(25(19)7-6-24-8-10-28-11-9-24)22-15(12-21-17)13-2-4-14(5-3-13)16(20)26/h2-5,12H,6-11H2,1H3,(H2,20,26). The van der Waals surface area contributed by atoms with Crippen LogP contribution in [0.25, 0.3) is 22.6 Å². The van der Waals surface area contributed by atoms with Gasteiger partial charge in [-0.1, -0.05) is 12.1 Å². The highest BCUT2D eigenvalue weighted by molar-refractivity contribution is 5.93. The van der Waals surface area contributed by atoms with Crippen molar-refractivity contribution in [1.29, 1.82) is 0 Å². The molecule has 2 aromatic heterocycles. The number of carbonyl (C=O) groups is 1. The number of fused-ring (bicyclic) bond motifs is 1. The van der Waals surface area contributed by atoms with Crippen molar-refractivity contribution in [1.82, 2.24) is 24.4 Å². The molecule has 1 saturated heterocycles. The van der Waals surface area contributed by atoms with Gasteiger partial charge in [-0.3, -0.25) is 14.3 Å². The maximum atomic E-state index is 11.3. The van der Waals surface area contributed by atoms with E-state index in [2.05, 4.69) is 14.9 Å². The van der Waals surface area contributed by atoms with Crippen LogP contribution in [0.5, 0.6) is 6.01 Å². The lowest BCUT2D eigenvalue weighted by Crippen LogP contribution is -2.38. The number of benzene rings is 1. The topological polar surface area (TPSA) is 108 Å². The molecule has 1 aliphatic rings. The van der Waals surface area contributed by atoms with Gasteiger partial charge in [0, 0.05) is 37.3 Å². The first kappa shape index (κ1) is 18.3. The Kier molecular flexibility index (Phi) is 5.18. The van der Waals surface area contributed by atoms with Crippen molar-refractivity contribution in [2.24, 2.45) is 5.73 Å². The maximum absolute atomic E-state index is 11.3. The first-order valence-electron chi connectivity index (χ1n) is 9.13. The van der Waals surface area contributed by atoms with Gasteiger partial charge in [-0.25, -0.2) is 9.97 Å². The Balaban J connectivity index is 1.64. The smallest absolute Gasteiger partial charge is 0.299 e. The number of hydrogen-bond acceptors (Lipinski definition) is 7. The minimum Gasteiger partial charge on any atom is -0.468 e. The summed E-state index contributed by atoms with van der Waals surface area (Å²) in [6.45, 7) is 4.89. The minimum atomic E-state index is -0.459. The number of hydrogen-bond donors (Lipinski definition) is 1. The molecule has 1 amide bonds. The van der Waals surface area contributed by atoms with Gasteiger partial charge in [0.2, 0.25) is 11.6 Å². The van der Waals surface area contributed by atoms with Crippen LogP contribution in [0.2, 0.25) is 0 Å².